The Kier molecular flexibility index (Phi) is 4.51. The minimum atomic E-state index is 0.302. The van der Waals surface area contributed by atoms with Crippen molar-refractivity contribution in [2.75, 3.05) is 26.2 Å². The molecule has 1 saturated heterocycles. The molecule has 1 aliphatic carbocycles. The highest BCUT2D eigenvalue weighted by Gasteiger charge is 2.28. The van der Waals surface area contributed by atoms with Crippen LogP contribution in [0, 0.1) is 6.92 Å². The van der Waals surface area contributed by atoms with Gasteiger partial charge in [0, 0.05) is 43.8 Å². The van der Waals surface area contributed by atoms with E-state index >= 15 is 0 Å². The molecule has 3 rings (SSSR count). The molecule has 1 aromatic carbocycles. The Morgan fingerprint density at radius 2 is 1.76 bits per heavy atom. The van der Waals surface area contributed by atoms with Gasteiger partial charge in [-0.25, -0.2) is 0 Å². The quantitative estimate of drug-likeness (QED) is 0.924. The van der Waals surface area contributed by atoms with Gasteiger partial charge in [-0.3, -0.25) is 9.80 Å². The largest absolute Gasteiger partial charge is 0.508 e. The molecule has 1 aromatic rings. The topological polar surface area (TPSA) is 26.7 Å². The van der Waals surface area contributed by atoms with Crippen LogP contribution in [0.2, 0.25) is 0 Å². The van der Waals surface area contributed by atoms with Crippen LogP contribution in [0.1, 0.15) is 49.8 Å². The van der Waals surface area contributed by atoms with Crippen molar-refractivity contribution < 1.29 is 5.11 Å². The van der Waals surface area contributed by atoms with Gasteiger partial charge in [-0.15, -0.1) is 0 Å². The third-order valence-corrected chi connectivity index (χ3v) is 5.37. The van der Waals surface area contributed by atoms with Crippen LogP contribution >= 0.6 is 0 Å². The van der Waals surface area contributed by atoms with Crippen molar-refractivity contribution in [3.63, 3.8) is 0 Å². The lowest BCUT2D eigenvalue weighted by Gasteiger charge is -2.40. The summed E-state index contributed by atoms with van der Waals surface area (Å²) in [5.41, 5.74) is 2.18. The number of hydrogen-bond acceptors (Lipinski definition) is 3. The summed E-state index contributed by atoms with van der Waals surface area (Å²) in [6.07, 6.45) is 5.62. The van der Waals surface area contributed by atoms with E-state index in [1.807, 2.05) is 13.0 Å². The Hall–Kier alpha value is -1.06. The third kappa shape index (κ3) is 3.24. The Bertz CT molecular complexity index is 474. The zero-order valence-corrected chi connectivity index (χ0v) is 13.4. The van der Waals surface area contributed by atoms with Gasteiger partial charge in [0.05, 0.1) is 0 Å². The fraction of sp³-hybridized carbons (Fsp3) is 0.667. The molecule has 2 fully saturated rings. The molecule has 0 spiro atoms. The van der Waals surface area contributed by atoms with E-state index in [1.54, 1.807) is 0 Å². The van der Waals surface area contributed by atoms with Crippen molar-refractivity contribution in [3.8, 4) is 5.75 Å². The summed E-state index contributed by atoms with van der Waals surface area (Å²) in [5.74, 6) is 0.445. The number of rotatable bonds is 3. The number of piperazine rings is 1. The van der Waals surface area contributed by atoms with E-state index in [1.165, 1.54) is 38.8 Å². The molecule has 0 radical (unpaired) electrons. The van der Waals surface area contributed by atoms with E-state index in [-0.39, 0.29) is 0 Å². The fourth-order valence-corrected chi connectivity index (χ4v) is 3.96. The van der Waals surface area contributed by atoms with E-state index in [0.717, 1.165) is 30.3 Å². The second kappa shape index (κ2) is 6.37. The molecule has 0 aromatic heterocycles. The van der Waals surface area contributed by atoms with E-state index < -0.39 is 0 Å². The summed E-state index contributed by atoms with van der Waals surface area (Å²) >= 11 is 0. The standard InChI is InChI=1S/C18H28N2O/c1-14-7-8-17(18(21)13-14)15(2)19-9-11-20(12-10-19)16-5-3-4-6-16/h7-8,13,15-16,21H,3-6,9-12H2,1-2H3. The van der Waals surface area contributed by atoms with Gasteiger partial charge in [0.1, 0.15) is 5.75 Å². The van der Waals surface area contributed by atoms with Gasteiger partial charge >= 0.3 is 0 Å². The van der Waals surface area contributed by atoms with Crippen molar-refractivity contribution in [2.24, 2.45) is 0 Å². The van der Waals surface area contributed by atoms with Crippen LogP contribution in [0.3, 0.4) is 0 Å². The number of hydrogen-bond donors (Lipinski definition) is 1. The van der Waals surface area contributed by atoms with Gasteiger partial charge in [-0.05, 0) is 38.3 Å². The van der Waals surface area contributed by atoms with Gasteiger partial charge in [-0.1, -0.05) is 25.0 Å². The molecule has 1 saturated carbocycles. The summed E-state index contributed by atoms with van der Waals surface area (Å²) in [4.78, 5) is 5.20. The van der Waals surface area contributed by atoms with Crippen LogP contribution in [0.25, 0.3) is 0 Å². The molecule has 2 aliphatic rings. The summed E-state index contributed by atoms with van der Waals surface area (Å²) in [6, 6.07) is 7.20. The molecule has 1 heterocycles. The highest BCUT2D eigenvalue weighted by Crippen LogP contribution is 2.31. The van der Waals surface area contributed by atoms with E-state index in [4.69, 9.17) is 0 Å². The minimum Gasteiger partial charge on any atom is -0.508 e. The Morgan fingerprint density at radius 3 is 2.38 bits per heavy atom. The zero-order chi connectivity index (χ0) is 14.8. The molecule has 1 aliphatic heterocycles. The monoisotopic (exact) mass is 288 g/mol. The lowest BCUT2D eigenvalue weighted by atomic mass is 10.0. The summed E-state index contributed by atoms with van der Waals surface area (Å²) in [5, 5.41) is 10.2. The van der Waals surface area contributed by atoms with Crippen molar-refractivity contribution in [3.05, 3.63) is 29.3 Å². The molecule has 1 unspecified atom stereocenters. The molecule has 21 heavy (non-hydrogen) atoms. The van der Waals surface area contributed by atoms with Crippen LogP contribution in [-0.2, 0) is 0 Å². The molecule has 3 nitrogen and oxygen atoms in total. The van der Waals surface area contributed by atoms with Gasteiger partial charge in [0.15, 0.2) is 0 Å². The SMILES string of the molecule is Cc1ccc(C(C)N2CCN(C3CCCC3)CC2)c(O)c1. The van der Waals surface area contributed by atoms with Crippen LogP contribution in [-0.4, -0.2) is 47.1 Å². The van der Waals surface area contributed by atoms with Crippen molar-refractivity contribution in [1.82, 2.24) is 9.80 Å². The third-order valence-electron chi connectivity index (χ3n) is 5.37. The first kappa shape index (κ1) is 14.9. The maximum Gasteiger partial charge on any atom is 0.120 e. The second-order valence-corrected chi connectivity index (χ2v) is 6.75. The van der Waals surface area contributed by atoms with E-state index in [2.05, 4.69) is 28.9 Å². The number of aromatic hydroxyl groups is 1. The predicted molar refractivity (Wildman–Crippen MR) is 86.7 cm³/mol. The number of phenols is 1. The normalized spacial score (nSPS) is 23.5. The van der Waals surface area contributed by atoms with Crippen LogP contribution < -0.4 is 0 Å². The molecule has 3 heteroatoms. The lowest BCUT2D eigenvalue weighted by molar-refractivity contribution is 0.0744. The van der Waals surface area contributed by atoms with E-state index in [9.17, 15) is 5.11 Å². The first-order chi connectivity index (χ1) is 10.1. The first-order valence-electron chi connectivity index (χ1n) is 8.43. The molecule has 116 valence electrons. The Labute approximate surface area is 128 Å². The average molecular weight is 288 g/mol. The molecule has 1 atom stereocenters. The Morgan fingerprint density at radius 1 is 1.10 bits per heavy atom. The van der Waals surface area contributed by atoms with Crippen LogP contribution in [0.4, 0.5) is 0 Å². The van der Waals surface area contributed by atoms with Gasteiger partial charge in [0.25, 0.3) is 0 Å². The summed E-state index contributed by atoms with van der Waals surface area (Å²) in [7, 11) is 0. The summed E-state index contributed by atoms with van der Waals surface area (Å²) < 4.78 is 0. The number of benzene rings is 1. The number of nitrogens with zero attached hydrogens (tertiary/aromatic N) is 2. The molecule has 1 N–H and O–H groups in total. The first-order valence-corrected chi connectivity index (χ1v) is 8.43. The highest BCUT2D eigenvalue weighted by molar-refractivity contribution is 5.37. The maximum atomic E-state index is 10.2. The Balaban J connectivity index is 1.60. The van der Waals surface area contributed by atoms with Crippen molar-refractivity contribution in [2.45, 2.75) is 51.6 Å². The van der Waals surface area contributed by atoms with Gasteiger partial charge < -0.3 is 5.11 Å². The molecule has 0 amide bonds. The fourth-order valence-electron chi connectivity index (χ4n) is 3.96. The molecule has 0 bridgehead atoms. The molecular formula is C18H28N2O. The smallest absolute Gasteiger partial charge is 0.120 e. The van der Waals surface area contributed by atoms with Crippen molar-refractivity contribution >= 4 is 0 Å². The van der Waals surface area contributed by atoms with Crippen LogP contribution in [0.15, 0.2) is 18.2 Å². The number of phenolic OH excluding ortho intramolecular Hbond substituents is 1. The summed E-state index contributed by atoms with van der Waals surface area (Å²) in [6.45, 7) is 8.84. The van der Waals surface area contributed by atoms with E-state index in [0.29, 0.717) is 11.8 Å². The highest BCUT2D eigenvalue weighted by atomic mass is 16.3. The van der Waals surface area contributed by atoms with Gasteiger partial charge in [-0.2, -0.15) is 0 Å². The second-order valence-electron chi connectivity index (χ2n) is 6.75. The minimum absolute atomic E-state index is 0.302. The maximum absolute atomic E-state index is 10.2. The number of aryl methyl sites for hydroxylation is 1. The zero-order valence-electron chi connectivity index (χ0n) is 13.4. The van der Waals surface area contributed by atoms with Crippen LogP contribution in [0.5, 0.6) is 5.75 Å². The van der Waals surface area contributed by atoms with Crippen molar-refractivity contribution in [1.29, 1.82) is 0 Å². The molecular weight excluding hydrogens is 260 g/mol. The lowest BCUT2D eigenvalue weighted by Crippen LogP contribution is -2.50. The predicted octanol–water partition coefficient (Wildman–Crippen LogP) is 3.32. The van der Waals surface area contributed by atoms with Gasteiger partial charge in [0.2, 0.25) is 0 Å². The average Bonchev–Trinajstić information content (AvgIpc) is 3.01.